The number of hydrogen-bond donors (Lipinski definition) is 1. The second-order valence-corrected chi connectivity index (χ2v) is 6.44. The lowest BCUT2D eigenvalue weighted by molar-refractivity contribution is 0.0701. The van der Waals surface area contributed by atoms with Crippen molar-refractivity contribution in [3.8, 4) is 0 Å². The highest BCUT2D eigenvalue weighted by Gasteiger charge is 2.20. The molecule has 5 heteroatoms. The number of hydrogen-bond acceptors (Lipinski definition) is 4. The standard InChI is InChI=1S/C18H22ClN3O/c19-17-3-1-2-16(12-17)18(23)14-22-10-8-21(9-11-22)13-15-4-6-20-7-5-15/h1-7,12,18,23H,8-11,13-14H2/t18-/m1/s1. The maximum absolute atomic E-state index is 10.4. The van der Waals surface area contributed by atoms with Gasteiger partial charge in [0.05, 0.1) is 6.10 Å². The Hall–Kier alpha value is -1.46. The van der Waals surface area contributed by atoms with Crippen LogP contribution in [0.4, 0.5) is 0 Å². The Morgan fingerprint density at radius 3 is 2.43 bits per heavy atom. The molecule has 0 bridgehead atoms. The molecule has 1 saturated heterocycles. The largest absolute Gasteiger partial charge is 0.387 e. The summed E-state index contributed by atoms with van der Waals surface area (Å²) >= 11 is 5.99. The van der Waals surface area contributed by atoms with Crippen LogP contribution in [0.2, 0.25) is 5.02 Å². The highest BCUT2D eigenvalue weighted by Crippen LogP contribution is 2.19. The summed E-state index contributed by atoms with van der Waals surface area (Å²) in [6, 6.07) is 11.6. The maximum Gasteiger partial charge on any atom is 0.0917 e. The highest BCUT2D eigenvalue weighted by atomic mass is 35.5. The lowest BCUT2D eigenvalue weighted by Gasteiger charge is -2.35. The molecule has 1 aromatic carbocycles. The molecule has 1 atom stereocenters. The van der Waals surface area contributed by atoms with Crippen LogP contribution in [0.25, 0.3) is 0 Å². The topological polar surface area (TPSA) is 39.6 Å². The van der Waals surface area contributed by atoms with Crippen molar-refractivity contribution in [2.24, 2.45) is 0 Å². The zero-order valence-electron chi connectivity index (χ0n) is 13.1. The van der Waals surface area contributed by atoms with Gasteiger partial charge in [-0.25, -0.2) is 0 Å². The van der Waals surface area contributed by atoms with Crippen LogP contribution in [0.15, 0.2) is 48.8 Å². The van der Waals surface area contributed by atoms with Gasteiger partial charge in [0.15, 0.2) is 0 Å². The number of nitrogens with zero attached hydrogens (tertiary/aromatic N) is 3. The molecule has 1 aliphatic rings. The molecule has 1 fully saturated rings. The molecule has 0 aliphatic carbocycles. The first kappa shape index (κ1) is 16.4. The number of β-amino-alcohol motifs (C(OH)–C–C–N with tert-alkyl or cyclic N) is 1. The van der Waals surface area contributed by atoms with Crippen LogP contribution in [0.3, 0.4) is 0 Å². The van der Waals surface area contributed by atoms with E-state index in [0.717, 1.165) is 38.3 Å². The zero-order valence-corrected chi connectivity index (χ0v) is 13.9. The van der Waals surface area contributed by atoms with Crippen molar-refractivity contribution in [2.45, 2.75) is 12.6 Å². The van der Waals surface area contributed by atoms with Crippen LogP contribution < -0.4 is 0 Å². The van der Waals surface area contributed by atoms with E-state index in [4.69, 9.17) is 11.6 Å². The minimum atomic E-state index is -0.486. The van der Waals surface area contributed by atoms with Gasteiger partial charge < -0.3 is 5.11 Å². The molecule has 0 radical (unpaired) electrons. The van der Waals surface area contributed by atoms with E-state index in [1.165, 1.54) is 5.56 Å². The van der Waals surface area contributed by atoms with Crippen molar-refractivity contribution in [2.75, 3.05) is 32.7 Å². The lowest BCUT2D eigenvalue weighted by Crippen LogP contribution is -2.47. The third-order valence-electron chi connectivity index (χ3n) is 4.29. The molecule has 2 aromatic rings. The van der Waals surface area contributed by atoms with Gasteiger partial charge in [-0.3, -0.25) is 14.8 Å². The summed E-state index contributed by atoms with van der Waals surface area (Å²) in [4.78, 5) is 8.81. The Labute approximate surface area is 142 Å². The van der Waals surface area contributed by atoms with Gasteiger partial charge in [0.2, 0.25) is 0 Å². The summed E-state index contributed by atoms with van der Waals surface area (Å²) in [6.07, 6.45) is 3.19. The van der Waals surface area contributed by atoms with Crippen molar-refractivity contribution in [1.82, 2.24) is 14.8 Å². The number of piperazine rings is 1. The molecule has 2 heterocycles. The second kappa shape index (κ2) is 7.88. The quantitative estimate of drug-likeness (QED) is 0.914. The molecule has 3 rings (SSSR count). The molecule has 4 nitrogen and oxygen atoms in total. The van der Waals surface area contributed by atoms with Crippen LogP contribution >= 0.6 is 11.6 Å². The second-order valence-electron chi connectivity index (χ2n) is 6.00. The maximum atomic E-state index is 10.4. The molecule has 1 N–H and O–H groups in total. The van der Waals surface area contributed by atoms with E-state index in [1.54, 1.807) is 0 Å². The van der Waals surface area contributed by atoms with Crippen molar-refractivity contribution >= 4 is 11.6 Å². The molecule has 0 spiro atoms. The Kier molecular flexibility index (Phi) is 5.62. The van der Waals surface area contributed by atoms with Crippen LogP contribution in [0, 0.1) is 0 Å². The monoisotopic (exact) mass is 331 g/mol. The number of pyridine rings is 1. The number of aliphatic hydroxyl groups excluding tert-OH is 1. The Morgan fingerprint density at radius 1 is 1.04 bits per heavy atom. The fourth-order valence-corrected chi connectivity index (χ4v) is 3.14. The molecule has 23 heavy (non-hydrogen) atoms. The minimum absolute atomic E-state index is 0.486. The molecule has 0 unspecified atom stereocenters. The Balaban J connectivity index is 1.47. The third kappa shape index (κ3) is 4.75. The number of rotatable bonds is 5. The average Bonchev–Trinajstić information content (AvgIpc) is 2.57. The van der Waals surface area contributed by atoms with Gasteiger partial charge in [0.1, 0.15) is 0 Å². The van der Waals surface area contributed by atoms with Crippen LogP contribution in [-0.2, 0) is 6.54 Å². The molecule has 1 aliphatic heterocycles. The van der Waals surface area contributed by atoms with E-state index in [1.807, 2.05) is 36.7 Å². The summed E-state index contributed by atoms with van der Waals surface area (Å²) in [6.45, 7) is 5.61. The van der Waals surface area contributed by atoms with Gasteiger partial charge in [0.25, 0.3) is 0 Å². The first-order valence-electron chi connectivity index (χ1n) is 7.98. The van der Waals surface area contributed by atoms with Crippen molar-refractivity contribution in [1.29, 1.82) is 0 Å². The summed E-state index contributed by atoms with van der Waals surface area (Å²) in [7, 11) is 0. The van der Waals surface area contributed by atoms with Gasteiger partial charge in [-0.05, 0) is 35.4 Å². The third-order valence-corrected chi connectivity index (χ3v) is 4.52. The molecule has 1 aromatic heterocycles. The molecule has 0 amide bonds. The van der Waals surface area contributed by atoms with Crippen LogP contribution in [0.1, 0.15) is 17.2 Å². The number of halogens is 1. The molecular weight excluding hydrogens is 310 g/mol. The number of aliphatic hydroxyl groups is 1. The van der Waals surface area contributed by atoms with Gasteiger partial charge in [-0.2, -0.15) is 0 Å². The molecule has 0 saturated carbocycles. The van der Waals surface area contributed by atoms with E-state index < -0.39 is 6.10 Å². The summed E-state index contributed by atoms with van der Waals surface area (Å²) in [5.41, 5.74) is 2.18. The van der Waals surface area contributed by atoms with E-state index in [9.17, 15) is 5.11 Å². The summed E-state index contributed by atoms with van der Waals surface area (Å²) in [5, 5.41) is 11.0. The normalized spacial score (nSPS) is 18.0. The fraction of sp³-hybridized carbons (Fsp3) is 0.389. The van der Waals surface area contributed by atoms with Gasteiger partial charge in [0, 0.05) is 56.7 Å². The van der Waals surface area contributed by atoms with E-state index in [0.29, 0.717) is 11.6 Å². The Bertz CT molecular complexity index is 615. The van der Waals surface area contributed by atoms with Crippen LogP contribution in [0.5, 0.6) is 0 Å². The van der Waals surface area contributed by atoms with Gasteiger partial charge >= 0.3 is 0 Å². The predicted molar refractivity (Wildman–Crippen MR) is 92.4 cm³/mol. The van der Waals surface area contributed by atoms with E-state index >= 15 is 0 Å². The van der Waals surface area contributed by atoms with E-state index in [-0.39, 0.29) is 0 Å². The summed E-state index contributed by atoms with van der Waals surface area (Å²) in [5.74, 6) is 0. The highest BCUT2D eigenvalue weighted by molar-refractivity contribution is 6.30. The fourth-order valence-electron chi connectivity index (χ4n) is 2.94. The van der Waals surface area contributed by atoms with Crippen molar-refractivity contribution in [3.05, 3.63) is 64.9 Å². The van der Waals surface area contributed by atoms with Gasteiger partial charge in [-0.1, -0.05) is 23.7 Å². The Morgan fingerprint density at radius 2 is 1.74 bits per heavy atom. The lowest BCUT2D eigenvalue weighted by atomic mass is 10.1. The first-order chi connectivity index (χ1) is 11.2. The number of aromatic nitrogens is 1. The SMILES string of the molecule is O[C@H](CN1CCN(Cc2ccncc2)CC1)c1cccc(Cl)c1. The molecular formula is C18H22ClN3O. The van der Waals surface area contributed by atoms with Gasteiger partial charge in [-0.15, -0.1) is 0 Å². The first-order valence-corrected chi connectivity index (χ1v) is 8.35. The van der Waals surface area contributed by atoms with Crippen molar-refractivity contribution < 1.29 is 5.11 Å². The predicted octanol–water partition coefficient (Wildman–Crippen LogP) is 2.59. The van der Waals surface area contributed by atoms with Crippen molar-refractivity contribution in [3.63, 3.8) is 0 Å². The average molecular weight is 332 g/mol. The van der Waals surface area contributed by atoms with E-state index in [2.05, 4.69) is 26.9 Å². The number of benzene rings is 1. The molecule has 122 valence electrons. The smallest absolute Gasteiger partial charge is 0.0917 e. The summed E-state index contributed by atoms with van der Waals surface area (Å²) < 4.78 is 0. The zero-order chi connectivity index (χ0) is 16.1. The van der Waals surface area contributed by atoms with Crippen LogP contribution in [-0.4, -0.2) is 52.6 Å². The minimum Gasteiger partial charge on any atom is -0.387 e.